The topological polar surface area (TPSA) is 83.0 Å². The normalized spacial score (nSPS) is 16.0. The number of piperidine rings is 1. The number of carbonyl (C=O) groups excluding carboxylic acids is 1. The maximum absolute atomic E-state index is 12.4. The van der Waals surface area contributed by atoms with Gasteiger partial charge in [-0.05, 0) is 49.9 Å². The number of urea groups is 1. The molecule has 3 aromatic rings. The van der Waals surface area contributed by atoms with Crippen LogP contribution in [0.3, 0.4) is 0 Å². The molecular formula is C24H28N6O. The van der Waals surface area contributed by atoms with Gasteiger partial charge in [0.25, 0.3) is 0 Å². The molecule has 1 unspecified atom stereocenters. The van der Waals surface area contributed by atoms with Crippen molar-refractivity contribution in [1.29, 1.82) is 0 Å². The molecular weight excluding hydrogens is 388 g/mol. The van der Waals surface area contributed by atoms with Crippen LogP contribution in [0.15, 0.2) is 60.9 Å². The van der Waals surface area contributed by atoms with Crippen molar-refractivity contribution in [3.63, 3.8) is 0 Å². The number of carbonyl (C=O) groups is 1. The average Bonchev–Trinajstić information content (AvgIpc) is 2.84. The predicted octanol–water partition coefficient (Wildman–Crippen LogP) is 4.28. The van der Waals surface area contributed by atoms with Gasteiger partial charge in [0, 0.05) is 54.5 Å². The highest BCUT2D eigenvalue weighted by atomic mass is 16.2. The molecule has 0 aliphatic carbocycles. The van der Waals surface area contributed by atoms with Crippen molar-refractivity contribution >= 4 is 17.5 Å². The lowest BCUT2D eigenvalue weighted by Crippen LogP contribution is -2.48. The third kappa shape index (κ3) is 5.36. The summed E-state index contributed by atoms with van der Waals surface area (Å²) in [5.41, 5.74) is 2.75. The summed E-state index contributed by atoms with van der Waals surface area (Å²) in [5.74, 6) is 1.64. The van der Waals surface area contributed by atoms with E-state index >= 15 is 0 Å². The highest BCUT2D eigenvalue weighted by Gasteiger charge is 2.25. The molecule has 0 saturated carbocycles. The van der Waals surface area contributed by atoms with E-state index in [-0.39, 0.29) is 12.1 Å². The molecule has 1 atom stereocenters. The largest absolute Gasteiger partial charge is 0.352 e. The molecule has 7 nitrogen and oxygen atoms in total. The summed E-state index contributed by atoms with van der Waals surface area (Å²) >= 11 is 0. The summed E-state index contributed by atoms with van der Waals surface area (Å²) in [6, 6.07) is 15.4. The quantitative estimate of drug-likeness (QED) is 0.627. The molecule has 1 fully saturated rings. The van der Waals surface area contributed by atoms with Crippen LogP contribution < -0.4 is 15.5 Å². The molecule has 31 heavy (non-hydrogen) atoms. The molecule has 2 aromatic heterocycles. The summed E-state index contributed by atoms with van der Waals surface area (Å²) in [4.78, 5) is 28.4. The molecule has 1 aliphatic rings. The van der Waals surface area contributed by atoms with E-state index in [2.05, 4.69) is 33.5 Å². The van der Waals surface area contributed by atoms with Crippen LogP contribution in [0.5, 0.6) is 0 Å². The average molecular weight is 417 g/mol. The number of nitrogens with zero attached hydrogens (tertiary/aromatic N) is 4. The summed E-state index contributed by atoms with van der Waals surface area (Å²) in [6.07, 6.45) is 7.63. The number of amides is 2. The van der Waals surface area contributed by atoms with Gasteiger partial charge in [-0.3, -0.25) is 4.98 Å². The van der Waals surface area contributed by atoms with Crippen LogP contribution >= 0.6 is 0 Å². The van der Waals surface area contributed by atoms with Crippen LogP contribution in [-0.4, -0.2) is 40.1 Å². The number of pyridine rings is 1. The Bertz CT molecular complexity index is 995. The lowest BCUT2D eigenvalue weighted by molar-refractivity contribution is 0.250. The summed E-state index contributed by atoms with van der Waals surface area (Å²) in [5, 5.41) is 5.92. The zero-order chi connectivity index (χ0) is 21.5. The number of rotatable bonds is 6. The Morgan fingerprint density at radius 1 is 1.10 bits per heavy atom. The van der Waals surface area contributed by atoms with Gasteiger partial charge in [0.05, 0.1) is 0 Å². The zero-order valence-corrected chi connectivity index (χ0v) is 17.8. The fraction of sp³-hybridized carbons (Fsp3) is 0.333. The monoisotopic (exact) mass is 416 g/mol. The summed E-state index contributed by atoms with van der Waals surface area (Å²) in [6.45, 7) is 3.59. The third-order valence-corrected chi connectivity index (χ3v) is 5.52. The molecule has 1 aliphatic heterocycles. The van der Waals surface area contributed by atoms with E-state index in [0.29, 0.717) is 6.54 Å². The van der Waals surface area contributed by atoms with Crippen molar-refractivity contribution in [2.45, 2.75) is 38.6 Å². The lowest BCUT2D eigenvalue weighted by Gasteiger charge is -2.37. The maximum Gasteiger partial charge on any atom is 0.319 e. The second-order valence-electron chi connectivity index (χ2n) is 7.67. The Balaban J connectivity index is 1.50. The first-order valence-electron chi connectivity index (χ1n) is 10.9. The van der Waals surface area contributed by atoms with Gasteiger partial charge >= 0.3 is 6.03 Å². The van der Waals surface area contributed by atoms with Crippen LogP contribution in [-0.2, 0) is 6.42 Å². The van der Waals surface area contributed by atoms with Gasteiger partial charge in [-0.25, -0.2) is 14.8 Å². The number of anilines is 2. The van der Waals surface area contributed by atoms with Gasteiger partial charge in [-0.1, -0.05) is 25.1 Å². The van der Waals surface area contributed by atoms with Gasteiger partial charge in [0.15, 0.2) is 5.82 Å². The van der Waals surface area contributed by atoms with Gasteiger partial charge < -0.3 is 15.5 Å². The minimum absolute atomic E-state index is 0.189. The Kier molecular flexibility index (Phi) is 6.72. The second-order valence-corrected chi connectivity index (χ2v) is 7.67. The van der Waals surface area contributed by atoms with E-state index in [0.717, 1.165) is 60.8 Å². The van der Waals surface area contributed by atoms with Gasteiger partial charge in [-0.2, -0.15) is 0 Å². The van der Waals surface area contributed by atoms with Crippen LogP contribution in [0, 0.1) is 0 Å². The molecule has 1 saturated heterocycles. The van der Waals surface area contributed by atoms with Crippen molar-refractivity contribution in [1.82, 2.24) is 20.3 Å². The predicted molar refractivity (Wildman–Crippen MR) is 123 cm³/mol. The van der Waals surface area contributed by atoms with Crippen LogP contribution in [0.4, 0.5) is 16.3 Å². The number of hydrogen-bond acceptors (Lipinski definition) is 5. The highest BCUT2D eigenvalue weighted by Crippen LogP contribution is 2.26. The Morgan fingerprint density at radius 2 is 1.90 bits per heavy atom. The fourth-order valence-electron chi connectivity index (χ4n) is 3.86. The Hall–Kier alpha value is -3.48. The van der Waals surface area contributed by atoms with Crippen molar-refractivity contribution in [3.05, 3.63) is 66.6 Å². The van der Waals surface area contributed by atoms with Crippen LogP contribution in [0.1, 0.15) is 31.9 Å². The SMILES string of the molecule is CCc1cc(N2CCCCC2CNC(=O)Nc2ccccc2)nc(-c2ccncc2)n1. The minimum Gasteiger partial charge on any atom is -0.352 e. The molecule has 0 radical (unpaired) electrons. The van der Waals surface area contributed by atoms with Crippen molar-refractivity contribution in [2.75, 3.05) is 23.3 Å². The first kappa shape index (κ1) is 20.8. The third-order valence-electron chi connectivity index (χ3n) is 5.52. The van der Waals surface area contributed by atoms with Gasteiger partial charge in [0.1, 0.15) is 5.82 Å². The van der Waals surface area contributed by atoms with E-state index in [9.17, 15) is 4.79 Å². The second kappa shape index (κ2) is 10.0. The Morgan fingerprint density at radius 3 is 2.68 bits per heavy atom. The molecule has 1 aromatic carbocycles. The van der Waals surface area contributed by atoms with E-state index in [1.165, 1.54) is 0 Å². The van der Waals surface area contributed by atoms with E-state index in [1.54, 1.807) is 12.4 Å². The maximum atomic E-state index is 12.4. The first-order valence-corrected chi connectivity index (χ1v) is 10.9. The first-order chi connectivity index (χ1) is 15.2. The Labute approximate surface area is 183 Å². The van der Waals surface area contributed by atoms with Crippen LogP contribution in [0.2, 0.25) is 0 Å². The molecule has 2 amide bonds. The highest BCUT2D eigenvalue weighted by molar-refractivity contribution is 5.89. The van der Waals surface area contributed by atoms with E-state index in [4.69, 9.17) is 9.97 Å². The van der Waals surface area contributed by atoms with Gasteiger partial charge in [0.2, 0.25) is 0 Å². The smallest absolute Gasteiger partial charge is 0.319 e. The summed E-state index contributed by atoms with van der Waals surface area (Å²) in [7, 11) is 0. The molecule has 2 N–H and O–H groups in total. The number of para-hydroxylation sites is 1. The molecule has 0 bridgehead atoms. The summed E-state index contributed by atoms with van der Waals surface area (Å²) < 4.78 is 0. The minimum atomic E-state index is -0.189. The molecule has 4 rings (SSSR count). The fourth-order valence-corrected chi connectivity index (χ4v) is 3.86. The van der Waals surface area contributed by atoms with E-state index in [1.807, 2.05) is 42.5 Å². The van der Waals surface area contributed by atoms with Crippen molar-refractivity contribution in [2.24, 2.45) is 0 Å². The number of benzene rings is 1. The number of aryl methyl sites for hydroxylation is 1. The van der Waals surface area contributed by atoms with Crippen molar-refractivity contribution in [3.8, 4) is 11.4 Å². The van der Waals surface area contributed by atoms with Crippen LogP contribution in [0.25, 0.3) is 11.4 Å². The zero-order valence-electron chi connectivity index (χ0n) is 17.8. The van der Waals surface area contributed by atoms with Crippen molar-refractivity contribution < 1.29 is 4.79 Å². The molecule has 3 heterocycles. The number of nitrogens with one attached hydrogen (secondary N) is 2. The lowest BCUT2D eigenvalue weighted by atomic mass is 10.0. The standard InChI is InChI=1S/C24H28N6O/c1-2-19-16-22(29-23(27-19)18-11-13-25-14-12-18)30-15-7-6-10-21(30)17-26-24(31)28-20-8-4-3-5-9-20/h3-5,8-9,11-14,16,21H,2,6-7,10,15,17H2,1H3,(H2,26,28,31). The molecule has 160 valence electrons. The van der Waals surface area contributed by atoms with Gasteiger partial charge in [-0.15, -0.1) is 0 Å². The number of hydrogen-bond donors (Lipinski definition) is 2. The van der Waals surface area contributed by atoms with E-state index < -0.39 is 0 Å². The molecule has 0 spiro atoms. The number of aromatic nitrogens is 3. The molecule has 7 heteroatoms.